The van der Waals surface area contributed by atoms with Gasteiger partial charge in [-0.2, -0.15) is 0 Å². The molecule has 0 radical (unpaired) electrons. The van der Waals surface area contributed by atoms with E-state index in [1.807, 2.05) is 36.8 Å². The van der Waals surface area contributed by atoms with Crippen molar-refractivity contribution in [3.63, 3.8) is 0 Å². The van der Waals surface area contributed by atoms with Crippen LogP contribution in [0, 0.1) is 0 Å². The summed E-state index contributed by atoms with van der Waals surface area (Å²) >= 11 is 1.52. The maximum Gasteiger partial charge on any atom is 0.255 e. The SMILES string of the molecule is CSc1ncc(CN2CCc3nc(-c4ccccn4)[nH]c(=O)c3C2)cn1. The molecule has 1 aliphatic heterocycles. The van der Waals surface area contributed by atoms with Gasteiger partial charge in [-0.15, -0.1) is 0 Å². The number of hydrogen-bond acceptors (Lipinski definition) is 7. The maximum atomic E-state index is 12.6. The van der Waals surface area contributed by atoms with Crippen LogP contribution >= 0.6 is 11.8 Å². The van der Waals surface area contributed by atoms with E-state index in [4.69, 9.17) is 0 Å². The van der Waals surface area contributed by atoms with E-state index in [0.29, 0.717) is 18.1 Å². The average Bonchev–Trinajstić information content (AvgIpc) is 2.69. The number of nitrogens with zero attached hydrogens (tertiary/aromatic N) is 5. The number of pyridine rings is 1. The van der Waals surface area contributed by atoms with E-state index in [1.165, 1.54) is 11.8 Å². The summed E-state index contributed by atoms with van der Waals surface area (Å²) in [7, 11) is 0. The minimum absolute atomic E-state index is 0.0886. The van der Waals surface area contributed by atoms with Gasteiger partial charge in [0.1, 0.15) is 5.69 Å². The third-order valence-corrected chi connectivity index (χ3v) is 4.90. The third kappa shape index (κ3) is 3.51. The lowest BCUT2D eigenvalue weighted by molar-refractivity contribution is 0.241. The van der Waals surface area contributed by atoms with E-state index in [0.717, 1.165) is 41.5 Å². The van der Waals surface area contributed by atoms with Gasteiger partial charge >= 0.3 is 0 Å². The van der Waals surface area contributed by atoms with Crippen LogP contribution in [0.5, 0.6) is 0 Å². The summed E-state index contributed by atoms with van der Waals surface area (Å²) in [5.74, 6) is 0.531. The highest BCUT2D eigenvalue weighted by atomic mass is 32.2. The molecule has 0 unspecified atom stereocenters. The van der Waals surface area contributed by atoms with E-state index >= 15 is 0 Å². The van der Waals surface area contributed by atoms with Crippen LogP contribution in [0.25, 0.3) is 11.5 Å². The molecule has 7 nitrogen and oxygen atoms in total. The monoisotopic (exact) mass is 366 g/mol. The molecule has 1 N–H and O–H groups in total. The number of thioether (sulfide) groups is 1. The topological polar surface area (TPSA) is 87.7 Å². The number of aromatic amines is 1. The Labute approximate surface area is 155 Å². The molecular formula is C18H18N6OS. The minimum atomic E-state index is -0.0886. The van der Waals surface area contributed by atoms with Gasteiger partial charge in [-0.25, -0.2) is 15.0 Å². The Balaban J connectivity index is 1.54. The van der Waals surface area contributed by atoms with Crippen LogP contribution in [0.3, 0.4) is 0 Å². The number of rotatable bonds is 4. The van der Waals surface area contributed by atoms with Crippen LogP contribution < -0.4 is 5.56 Å². The lowest BCUT2D eigenvalue weighted by Crippen LogP contribution is -2.35. The number of aromatic nitrogens is 5. The number of H-pyrrole nitrogens is 1. The summed E-state index contributed by atoms with van der Waals surface area (Å²) in [4.78, 5) is 35.2. The lowest BCUT2D eigenvalue weighted by Gasteiger charge is -2.27. The zero-order valence-corrected chi connectivity index (χ0v) is 15.2. The minimum Gasteiger partial charge on any atom is -0.305 e. The second kappa shape index (κ2) is 7.35. The van der Waals surface area contributed by atoms with Crippen LogP contribution in [0.1, 0.15) is 16.8 Å². The van der Waals surface area contributed by atoms with Gasteiger partial charge < -0.3 is 4.98 Å². The van der Waals surface area contributed by atoms with Crippen LogP contribution in [-0.2, 0) is 19.5 Å². The number of nitrogens with one attached hydrogen (secondary N) is 1. The molecule has 0 aliphatic carbocycles. The predicted octanol–water partition coefficient (Wildman–Crippen LogP) is 1.90. The van der Waals surface area contributed by atoms with Crippen LogP contribution in [0.15, 0.2) is 46.7 Å². The molecule has 1 aliphatic rings. The first-order valence-electron chi connectivity index (χ1n) is 8.33. The van der Waals surface area contributed by atoms with Crippen molar-refractivity contribution in [2.24, 2.45) is 0 Å². The first-order chi connectivity index (χ1) is 12.7. The van der Waals surface area contributed by atoms with Crippen molar-refractivity contribution in [1.29, 1.82) is 0 Å². The Morgan fingerprint density at radius 2 is 2.08 bits per heavy atom. The molecule has 0 saturated heterocycles. The van der Waals surface area contributed by atoms with E-state index in [-0.39, 0.29) is 5.56 Å². The molecule has 4 rings (SSSR count). The van der Waals surface area contributed by atoms with Crippen LogP contribution in [0.2, 0.25) is 0 Å². The Morgan fingerprint density at radius 1 is 1.23 bits per heavy atom. The zero-order chi connectivity index (χ0) is 17.9. The first kappa shape index (κ1) is 16.9. The van der Waals surface area contributed by atoms with Gasteiger partial charge in [-0.3, -0.25) is 14.7 Å². The van der Waals surface area contributed by atoms with E-state index in [1.54, 1.807) is 6.20 Å². The Bertz CT molecular complexity index is 958. The largest absolute Gasteiger partial charge is 0.305 e. The average molecular weight is 366 g/mol. The highest BCUT2D eigenvalue weighted by Gasteiger charge is 2.22. The summed E-state index contributed by atoms with van der Waals surface area (Å²) in [5.41, 5.74) is 3.23. The second-order valence-electron chi connectivity index (χ2n) is 6.09. The molecule has 8 heteroatoms. The zero-order valence-electron chi connectivity index (χ0n) is 14.3. The van der Waals surface area contributed by atoms with Crippen molar-refractivity contribution in [2.75, 3.05) is 12.8 Å². The van der Waals surface area contributed by atoms with E-state index < -0.39 is 0 Å². The molecule has 26 heavy (non-hydrogen) atoms. The smallest absolute Gasteiger partial charge is 0.255 e. The quantitative estimate of drug-likeness (QED) is 0.557. The molecule has 0 aromatic carbocycles. The molecule has 132 valence electrons. The van der Waals surface area contributed by atoms with Gasteiger partial charge in [-0.05, 0) is 18.4 Å². The molecule has 0 atom stereocenters. The van der Waals surface area contributed by atoms with Crippen molar-refractivity contribution in [3.8, 4) is 11.5 Å². The molecule has 0 fully saturated rings. The fourth-order valence-electron chi connectivity index (χ4n) is 3.03. The van der Waals surface area contributed by atoms with Crippen molar-refractivity contribution < 1.29 is 0 Å². The third-order valence-electron chi connectivity index (χ3n) is 4.33. The van der Waals surface area contributed by atoms with Crippen molar-refractivity contribution >= 4 is 11.8 Å². The number of hydrogen-bond donors (Lipinski definition) is 1. The van der Waals surface area contributed by atoms with Crippen LogP contribution in [0.4, 0.5) is 0 Å². The summed E-state index contributed by atoms with van der Waals surface area (Å²) in [5, 5.41) is 0.764. The van der Waals surface area contributed by atoms with Gasteiger partial charge in [0, 0.05) is 50.2 Å². The highest BCUT2D eigenvalue weighted by molar-refractivity contribution is 7.98. The lowest BCUT2D eigenvalue weighted by atomic mass is 10.1. The highest BCUT2D eigenvalue weighted by Crippen LogP contribution is 2.19. The maximum absolute atomic E-state index is 12.6. The van der Waals surface area contributed by atoms with Crippen molar-refractivity contribution in [3.05, 3.63) is 64.0 Å². The van der Waals surface area contributed by atoms with Crippen molar-refractivity contribution in [1.82, 2.24) is 29.8 Å². The van der Waals surface area contributed by atoms with Crippen LogP contribution in [-0.4, -0.2) is 42.6 Å². The summed E-state index contributed by atoms with van der Waals surface area (Å²) in [6.45, 7) is 2.13. The van der Waals surface area contributed by atoms with E-state index in [2.05, 4.69) is 29.8 Å². The van der Waals surface area contributed by atoms with Crippen molar-refractivity contribution in [2.45, 2.75) is 24.7 Å². The molecule has 0 bridgehead atoms. The fraction of sp³-hybridized carbons (Fsp3) is 0.278. The molecule has 0 saturated carbocycles. The van der Waals surface area contributed by atoms with Gasteiger partial charge in [0.15, 0.2) is 11.0 Å². The molecular weight excluding hydrogens is 348 g/mol. The molecule has 3 aromatic heterocycles. The van der Waals surface area contributed by atoms with Gasteiger partial charge in [0.2, 0.25) is 0 Å². The Kier molecular flexibility index (Phi) is 4.77. The summed E-state index contributed by atoms with van der Waals surface area (Å²) in [6.07, 6.45) is 8.08. The Morgan fingerprint density at radius 3 is 2.81 bits per heavy atom. The normalized spacial score (nSPS) is 14.2. The van der Waals surface area contributed by atoms with Gasteiger partial charge in [0.25, 0.3) is 5.56 Å². The van der Waals surface area contributed by atoms with E-state index in [9.17, 15) is 4.79 Å². The fourth-order valence-corrected chi connectivity index (χ4v) is 3.34. The standard InChI is InChI=1S/C18H18N6OS/c1-26-18-20-8-12(9-21-18)10-24-7-5-14-13(11-24)17(25)23-16(22-14)15-4-2-3-6-19-15/h2-4,6,8-9H,5,7,10-11H2,1H3,(H,22,23,25). The first-order valence-corrected chi connectivity index (χ1v) is 9.56. The van der Waals surface area contributed by atoms with Gasteiger partial charge in [0.05, 0.1) is 11.3 Å². The Hall–Kier alpha value is -2.58. The summed E-state index contributed by atoms with van der Waals surface area (Å²) in [6, 6.07) is 5.57. The molecule has 0 spiro atoms. The second-order valence-corrected chi connectivity index (χ2v) is 6.87. The summed E-state index contributed by atoms with van der Waals surface area (Å²) < 4.78 is 0. The van der Waals surface area contributed by atoms with Gasteiger partial charge in [-0.1, -0.05) is 17.8 Å². The predicted molar refractivity (Wildman–Crippen MR) is 99.7 cm³/mol. The molecule has 4 heterocycles. The molecule has 3 aromatic rings. The number of fused-ring (bicyclic) bond motifs is 1. The molecule has 0 amide bonds.